The summed E-state index contributed by atoms with van der Waals surface area (Å²) in [6.45, 7) is 0. The Morgan fingerprint density at radius 2 is 1.97 bits per heavy atom. The van der Waals surface area contributed by atoms with Crippen molar-refractivity contribution in [3.63, 3.8) is 0 Å². The molecule has 3 heterocycles. The summed E-state index contributed by atoms with van der Waals surface area (Å²) in [5, 5.41) is 22.9. The predicted octanol–water partition coefficient (Wildman–Crippen LogP) is -0.674. The Bertz CT molecular complexity index is 1110. The molecule has 3 aromatic rings. The van der Waals surface area contributed by atoms with Gasteiger partial charge < -0.3 is 31.7 Å². The fourth-order valence-electron chi connectivity index (χ4n) is 3.59. The molecule has 31 heavy (non-hydrogen) atoms. The second-order valence-electron chi connectivity index (χ2n) is 7.17. The number of carbonyl (C=O) groups excluding carboxylic acids is 1. The molecule has 162 valence electrons. The molecule has 12 heteroatoms. The number of amides is 1. The van der Waals surface area contributed by atoms with E-state index in [9.17, 15) is 19.8 Å². The van der Waals surface area contributed by atoms with E-state index in [1.54, 1.807) is 24.3 Å². The third kappa shape index (κ3) is 3.91. The van der Waals surface area contributed by atoms with Crippen LogP contribution in [0.3, 0.4) is 0 Å². The number of rotatable bonds is 6. The topological polar surface area (TPSA) is 192 Å². The SMILES string of the molecule is Nc1ncnc2c1ncn2[C@@H]1O[C@H](C(=O)O)[C@@H](NC(=O)CC(N)c2ccccc2)[C@H]1O. The number of aliphatic hydroxyl groups is 1. The van der Waals surface area contributed by atoms with Crippen LogP contribution in [-0.4, -0.2) is 59.9 Å². The van der Waals surface area contributed by atoms with Crippen molar-refractivity contribution in [2.75, 3.05) is 5.73 Å². The number of hydrogen-bond donors (Lipinski definition) is 5. The molecule has 2 aromatic heterocycles. The van der Waals surface area contributed by atoms with E-state index in [1.807, 2.05) is 6.07 Å². The maximum absolute atomic E-state index is 12.5. The van der Waals surface area contributed by atoms with Gasteiger partial charge in [-0.15, -0.1) is 0 Å². The standard InChI is InChI=1S/C19H21N7O5/c20-10(9-4-2-1-3-5-9)6-11(27)25-12-14(28)18(31-15(12)19(29)30)26-8-24-13-16(21)22-7-23-17(13)26/h1-5,7-8,10,12,14-15,18,28H,6,20H2,(H,25,27)(H,29,30)(H2,21,22,23)/t10?,12-,14+,15-,18+/m0/s1. The molecule has 0 aliphatic carbocycles. The van der Waals surface area contributed by atoms with E-state index in [0.717, 1.165) is 5.56 Å². The number of benzene rings is 1. The van der Waals surface area contributed by atoms with Crippen LogP contribution < -0.4 is 16.8 Å². The highest BCUT2D eigenvalue weighted by atomic mass is 16.6. The molecule has 4 rings (SSSR count). The number of ether oxygens (including phenoxy) is 1. The van der Waals surface area contributed by atoms with Crippen LogP contribution in [0.2, 0.25) is 0 Å². The van der Waals surface area contributed by atoms with Gasteiger partial charge in [-0.05, 0) is 5.56 Å². The van der Waals surface area contributed by atoms with Gasteiger partial charge in [0, 0.05) is 12.5 Å². The molecule has 12 nitrogen and oxygen atoms in total. The summed E-state index contributed by atoms with van der Waals surface area (Å²) in [5.74, 6) is -1.72. The fourth-order valence-corrected chi connectivity index (χ4v) is 3.59. The molecule has 0 radical (unpaired) electrons. The number of carboxylic acids is 1. The van der Waals surface area contributed by atoms with Gasteiger partial charge in [0.2, 0.25) is 5.91 Å². The van der Waals surface area contributed by atoms with Crippen LogP contribution in [0.25, 0.3) is 11.2 Å². The molecule has 1 aromatic carbocycles. The Labute approximate surface area is 175 Å². The van der Waals surface area contributed by atoms with Gasteiger partial charge in [-0.2, -0.15) is 0 Å². The molecular weight excluding hydrogens is 406 g/mol. The number of nitrogen functional groups attached to an aromatic ring is 1. The Morgan fingerprint density at radius 3 is 2.68 bits per heavy atom. The van der Waals surface area contributed by atoms with Gasteiger partial charge in [0.05, 0.1) is 12.4 Å². The number of hydrogen-bond acceptors (Lipinski definition) is 9. The van der Waals surface area contributed by atoms with Crippen molar-refractivity contribution in [3.05, 3.63) is 48.5 Å². The largest absolute Gasteiger partial charge is 0.479 e. The normalized spacial score (nSPS) is 24.2. The van der Waals surface area contributed by atoms with Crippen molar-refractivity contribution in [2.45, 2.75) is 36.9 Å². The van der Waals surface area contributed by atoms with Crippen molar-refractivity contribution >= 4 is 28.9 Å². The van der Waals surface area contributed by atoms with Crippen LogP contribution in [-0.2, 0) is 14.3 Å². The molecule has 1 unspecified atom stereocenters. The van der Waals surface area contributed by atoms with Gasteiger partial charge in [0.25, 0.3) is 0 Å². The van der Waals surface area contributed by atoms with E-state index >= 15 is 0 Å². The smallest absolute Gasteiger partial charge is 0.335 e. The zero-order chi connectivity index (χ0) is 22.1. The first kappa shape index (κ1) is 20.7. The lowest BCUT2D eigenvalue weighted by Crippen LogP contribution is -2.50. The summed E-state index contributed by atoms with van der Waals surface area (Å²) >= 11 is 0. The van der Waals surface area contributed by atoms with Gasteiger partial charge in [0.15, 0.2) is 23.8 Å². The minimum Gasteiger partial charge on any atom is -0.479 e. The first-order valence-electron chi connectivity index (χ1n) is 9.46. The lowest BCUT2D eigenvalue weighted by molar-refractivity contribution is -0.152. The van der Waals surface area contributed by atoms with Crippen molar-refractivity contribution < 1.29 is 24.5 Å². The van der Waals surface area contributed by atoms with Crippen LogP contribution >= 0.6 is 0 Å². The summed E-state index contributed by atoms with van der Waals surface area (Å²) in [5.41, 5.74) is 13.1. The zero-order valence-electron chi connectivity index (χ0n) is 16.2. The highest BCUT2D eigenvalue weighted by molar-refractivity contribution is 5.82. The number of anilines is 1. The summed E-state index contributed by atoms with van der Waals surface area (Å²) in [6.07, 6.45) is -1.61. The van der Waals surface area contributed by atoms with E-state index < -0.39 is 42.4 Å². The number of carbonyl (C=O) groups is 2. The van der Waals surface area contributed by atoms with Crippen LogP contribution in [0.15, 0.2) is 43.0 Å². The fraction of sp³-hybridized carbons (Fsp3) is 0.316. The highest BCUT2D eigenvalue weighted by Gasteiger charge is 2.49. The maximum atomic E-state index is 12.5. The molecule has 5 atom stereocenters. The number of fused-ring (bicyclic) bond motifs is 1. The van der Waals surface area contributed by atoms with Crippen molar-refractivity contribution in [1.29, 1.82) is 0 Å². The first-order chi connectivity index (χ1) is 14.9. The molecule has 0 saturated carbocycles. The number of nitrogens with one attached hydrogen (secondary N) is 1. The number of aliphatic hydroxyl groups excluding tert-OH is 1. The Balaban J connectivity index is 1.53. The number of nitrogens with two attached hydrogens (primary N) is 2. The van der Waals surface area contributed by atoms with Crippen molar-refractivity contribution in [2.24, 2.45) is 5.73 Å². The molecular formula is C19H21N7O5. The van der Waals surface area contributed by atoms with E-state index in [4.69, 9.17) is 16.2 Å². The Hall–Kier alpha value is -3.61. The average Bonchev–Trinajstić information content (AvgIpc) is 3.31. The summed E-state index contributed by atoms with van der Waals surface area (Å²) in [6, 6.07) is 7.22. The third-order valence-electron chi connectivity index (χ3n) is 5.14. The van der Waals surface area contributed by atoms with Crippen molar-refractivity contribution in [1.82, 2.24) is 24.8 Å². The monoisotopic (exact) mass is 427 g/mol. The van der Waals surface area contributed by atoms with Gasteiger partial charge in [-0.1, -0.05) is 30.3 Å². The molecule has 1 aliphatic heterocycles. The van der Waals surface area contributed by atoms with Crippen LogP contribution in [0.5, 0.6) is 0 Å². The van der Waals surface area contributed by atoms with Crippen LogP contribution in [0.4, 0.5) is 5.82 Å². The summed E-state index contributed by atoms with van der Waals surface area (Å²) < 4.78 is 6.91. The van der Waals surface area contributed by atoms with Gasteiger partial charge in [0.1, 0.15) is 17.9 Å². The first-order valence-corrected chi connectivity index (χ1v) is 9.46. The Morgan fingerprint density at radius 1 is 1.23 bits per heavy atom. The van der Waals surface area contributed by atoms with Crippen LogP contribution in [0.1, 0.15) is 24.3 Å². The predicted molar refractivity (Wildman–Crippen MR) is 107 cm³/mol. The Kier molecular flexibility index (Phi) is 5.50. The van der Waals surface area contributed by atoms with E-state index in [2.05, 4.69) is 20.3 Å². The number of carboxylic acid groups (broad SMARTS) is 1. The maximum Gasteiger partial charge on any atom is 0.335 e. The summed E-state index contributed by atoms with van der Waals surface area (Å²) in [7, 11) is 0. The lowest BCUT2D eigenvalue weighted by Gasteiger charge is -2.21. The van der Waals surface area contributed by atoms with E-state index in [0.29, 0.717) is 0 Å². The van der Waals surface area contributed by atoms with E-state index in [-0.39, 0.29) is 23.4 Å². The minimum atomic E-state index is -1.49. The van der Waals surface area contributed by atoms with Crippen LogP contribution in [0, 0.1) is 0 Å². The number of imidazole rings is 1. The second kappa shape index (κ2) is 8.26. The molecule has 1 amide bonds. The second-order valence-corrected chi connectivity index (χ2v) is 7.17. The minimum absolute atomic E-state index is 0.0952. The zero-order valence-corrected chi connectivity index (χ0v) is 16.2. The lowest BCUT2D eigenvalue weighted by atomic mass is 10.0. The molecule has 7 N–H and O–H groups in total. The molecule has 0 bridgehead atoms. The molecule has 0 spiro atoms. The molecule has 1 saturated heterocycles. The number of aliphatic carboxylic acids is 1. The third-order valence-corrected chi connectivity index (χ3v) is 5.14. The van der Waals surface area contributed by atoms with Gasteiger partial charge in [-0.3, -0.25) is 9.36 Å². The average molecular weight is 427 g/mol. The number of aromatic nitrogens is 4. The summed E-state index contributed by atoms with van der Waals surface area (Å²) in [4.78, 5) is 36.3. The van der Waals surface area contributed by atoms with Crippen molar-refractivity contribution in [3.8, 4) is 0 Å². The van der Waals surface area contributed by atoms with E-state index in [1.165, 1.54) is 17.2 Å². The van der Waals surface area contributed by atoms with Gasteiger partial charge in [-0.25, -0.2) is 19.7 Å². The quantitative estimate of drug-likeness (QED) is 0.337. The number of nitrogens with zero attached hydrogens (tertiary/aromatic N) is 4. The molecule has 1 fully saturated rings. The highest BCUT2D eigenvalue weighted by Crippen LogP contribution is 2.32. The molecule has 1 aliphatic rings. The van der Waals surface area contributed by atoms with Gasteiger partial charge >= 0.3 is 5.97 Å².